The van der Waals surface area contributed by atoms with Gasteiger partial charge in [-0.15, -0.1) is 0 Å². The molecule has 0 radical (unpaired) electrons. The first-order valence-electron chi connectivity index (χ1n) is 4.70. The zero-order valence-corrected chi connectivity index (χ0v) is 9.59. The first-order chi connectivity index (χ1) is 7.49. The van der Waals surface area contributed by atoms with Gasteiger partial charge in [0.15, 0.2) is 0 Å². The van der Waals surface area contributed by atoms with Crippen LogP contribution < -0.4 is 0 Å². The third-order valence-electron chi connectivity index (χ3n) is 2.32. The van der Waals surface area contributed by atoms with E-state index in [0.717, 1.165) is 0 Å². The smallest absolute Gasteiger partial charge is 0.278 e. The van der Waals surface area contributed by atoms with Gasteiger partial charge in [0.05, 0.1) is 16.6 Å². The maximum atomic E-state index is 10.9. The van der Waals surface area contributed by atoms with Gasteiger partial charge in [0, 0.05) is 11.3 Å². The summed E-state index contributed by atoms with van der Waals surface area (Å²) in [6.07, 6.45) is -2.42. The Morgan fingerprint density at radius 1 is 1.50 bits per heavy atom. The van der Waals surface area contributed by atoms with Crippen LogP contribution in [-0.4, -0.2) is 27.0 Å². The molecule has 6 heteroatoms. The minimum absolute atomic E-state index is 0.0340. The molecule has 16 heavy (non-hydrogen) atoms. The molecule has 0 saturated carbocycles. The minimum atomic E-state index is -1.29. The summed E-state index contributed by atoms with van der Waals surface area (Å²) in [5.74, 6) is 0.0340. The number of aliphatic hydroxyl groups is 2. The first-order valence-corrected chi connectivity index (χ1v) is 5.33. The molecule has 5 nitrogen and oxygen atoms in total. The largest absolute Gasteiger partial charge is 0.389 e. The van der Waals surface area contributed by atoms with E-state index in [9.17, 15) is 20.3 Å². The minimum Gasteiger partial charge on any atom is -0.389 e. The van der Waals surface area contributed by atoms with Gasteiger partial charge in [0.1, 0.15) is 6.10 Å². The average molecular weight is 243 g/mol. The lowest BCUT2D eigenvalue weighted by Gasteiger charge is -2.16. The Bertz CT molecular complexity index is 396. The average Bonchev–Trinajstić information content (AvgIpc) is 2.26. The second kappa shape index (κ2) is 5.29. The van der Waals surface area contributed by atoms with Crippen molar-refractivity contribution in [3.05, 3.63) is 39.4 Å². The van der Waals surface area contributed by atoms with Crippen molar-refractivity contribution in [3.63, 3.8) is 0 Å². The molecule has 2 unspecified atom stereocenters. The van der Waals surface area contributed by atoms with Crippen molar-refractivity contribution in [2.75, 3.05) is 5.75 Å². The van der Waals surface area contributed by atoms with Crippen LogP contribution in [0.3, 0.4) is 0 Å². The molecule has 0 aliphatic rings. The van der Waals surface area contributed by atoms with Gasteiger partial charge in [-0.25, -0.2) is 0 Å². The fourth-order valence-electron chi connectivity index (χ4n) is 1.48. The lowest BCUT2D eigenvalue weighted by molar-refractivity contribution is -0.386. The second-order valence-corrected chi connectivity index (χ2v) is 3.83. The van der Waals surface area contributed by atoms with E-state index in [2.05, 4.69) is 12.6 Å². The molecular formula is C10H13NO4S. The zero-order chi connectivity index (χ0) is 12.3. The van der Waals surface area contributed by atoms with E-state index >= 15 is 0 Å². The highest BCUT2D eigenvalue weighted by Crippen LogP contribution is 2.30. The Morgan fingerprint density at radius 2 is 2.12 bits per heavy atom. The highest BCUT2D eigenvalue weighted by Gasteiger charge is 2.26. The van der Waals surface area contributed by atoms with Gasteiger partial charge in [-0.05, 0) is 13.0 Å². The maximum absolute atomic E-state index is 10.9. The fraction of sp³-hybridized carbons (Fsp3) is 0.400. The summed E-state index contributed by atoms with van der Waals surface area (Å²) in [6, 6.07) is 4.62. The quantitative estimate of drug-likeness (QED) is 0.422. The van der Waals surface area contributed by atoms with Gasteiger partial charge in [0.25, 0.3) is 5.69 Å². The maximum Gasteiger partial charge on any atom is 0.278 e. The van der Waals surface area contributed by atoms with Crippen molar-refractivity contribution < 1.29 is 15.1 Å². The van der Waals surface area contributed by atoms with Crippen LogP contribution in [0.2, 0.25) is 0 Å². The summed E-state index contributed by atoms with van der Waals surface area (Å²) in [7, 11) is 0. The number of thiol groups is 1. The number of nitrogens with zero attached hydrogens (tertiary/aromatic N) is 1. The van der Waals surface area contributed by atoms with E-state index in [0.29, 0.717) is 5.56 Å². The van der Waals surface area contributed by atoms with Gasteiger partial charge in [-0.2, -0.15) is 12.6 Å². The summed E-state index contributed by atoms with van der Waals surface area (Å²) >= 11 is 3.84. The van der Waals surface area contributed by atoms with Crippen LogP contribution in [0.5, 0.6) is 0 Å². The predicted molar refractivity (Wildman–Crippen MR) is 62.7 cm³/mol. The standard InChI is InChI=1S/C10H13NO4S/c1-6-3-2-4-7(9(6)11(14)15)10(13)8(12)5-16/h2-4,8,10,12-13,16H,5H2,1H3. The van der Waals surface area contributed by atoms with Gasteiger partial charge in [-0.1, -0.05) is 12.1 Å². The monoisotopic (exact) mass is 243 g/mol. The van der Waals surface area contributed by atoms with Crippen molar-refractivity contribution in [3.8, 4) is 0 Å². The van der Waals surface area contributed by atoms with E-state index in [4.69, 9.17) is 0 Å². The van der Waals surface area contributed by atoms with E-state index in [1.807, 2.05) is 0 Å². The molecule has 0 bridgehead atoms. The van der Waals surface area contributed by atoms with E-state index in [-0.39, 0.29) is 17.0 Å². The lowest BCUT2D eigenvalue weighted by Crippen LogP contribution is -2.20. The molecule has 0 spiro atoms. The molecule has 0 aromatic heterocycles. The number of aliphatic hydroxyl groups excluding tert-OH is 2. The van der Waals surface area contributed by atoms with Crippen LogP contribution in [0, 0.1) is 17.0 Å². The van der Waals surface area contributed by atoms with Crippen LogP contribution in [0.1, 0.15) is 17.2 Å². The molecule has 2 atom stereocenters. The Hall–Kier alpha value is -1.11. The highest BCUT2D eigenvalue weighted by atomic mass is 32.1. The van der Waals surface area contributed by atoms with Crippen LogP contribution in [0.15, 0.2) is 18.2 Å². The number of hydrogen-bond donors (Lipinski definition) is 3. The lowest BCUT2D eigenvalue weighted by atomic mass is 10.0. The van der Waals surface area contributed by atoms with Crippen LogP contribution >= 0.6 is 12.6 Å². The first kappa shape index (κ1) is 13.0. The summed E-state index contributed by atoms with van der Waals surface area (Å²) in [5.41, 5.74) is 0.412. The SMILES string of the molecule is Cc1cccc(C(O)C(O)CS)c1[N+](=O)[O-]. The third-order valence-corrected chi connectivity index (χ3v) is 2.70. The number of nitro benzene ring substituents is 1. The van der Waals surface area contributed by atoms with Crippen LogP contribution in [0.4, 0.5) is 5.69 Å². The van der Waals surface area contributed by atoms with Crippen molar-refractivity contribution in [1.82, 2.24) is 0 Å². The topological polar surface area (TPSA) is 83.6 Å². The fourth-order valence-corrected chi connectivity index (χ4v) is 1.68. The van der Waals surface area contributed by atoms with Gasteiger partial charge >= 0.3 is 0 Å². The molecule has 0 amide bonds. The third kappa shape index (κ3) is 2.52. The van der Waals surface area contributed by atoms with Crippen molar-refractivity contribution in [1.29, 1.82) is 0 Å². The van der Waals surface area contributed by atoms with E-state index < -0.39 is 17.1 Å². The van der Waals surface area contributed by atoms with Crippen molar-refractivity contribution >= 4 is 18.3 Å². The number of nitro groups is 1. The Morgan fingerprint density at radius 3 is 2.62 bits per heavy atom. The van der Waals surface area contributed by atoms with E-state index in [1.165, 1.54) is 6.07 Å². The Kier molecular flexibility index (Phi) is 4.28. The molecule has 88 valence electrons. The van der Waals surface area contributed by atoms with Crippen LogP contribution in [0.25, 0.3) is 0 Å². The van der Waals surface area contributed by atoms with Gasteiger partial charge in [-0.3, -0.25) is 10.1 Å². The van der Waals surface area contributed by atoms with E-state index in [1.54, 1.807) is 19.1 Å². The summed E-state index contributed by atoms with van der Waals surface area (Å²) in [6.45, 7) is 1.58. The zero-order valence-electron chi connectivity index (χ0n) is 8.70. The van der Waals surface area contributed by atoms with Crippen LogP contribution in [-0.2, 0) is 0 Å². The molecule has 0 aliphatic carbocycles. The molecule has 0 fully saturated rings. The number of hydrogen-bond acceptors (Lipinski definition) is 5. The summed E-state index contributed by atoms with van der Waals surface area (Å²) < 4.78 is 0. The molecule has 1 rings (SSSR count). The van der Waals surface area contributed by atoms with Gasteiger partial charge < -0.3 is 10.2 Å². The number of rotatable bonds is 4. The molecule has 0 heterocycles. The molecule has 1 aromatic carbocycles. The molecule has 1 aromatic rings. The number of benzene rings is 1. The highest BCUT2D eigenvalue weighted by molar-refractivity contribution is 7.80. The summed E-state index contributed by atoms with van der Waals surface area (Å²) in [5, 5.41) is 30.0. The van der Waals surface area contributed by atoms with Crippen molar-refractivity contribution in [2.45, 2.75) is 19.1 Å². The molecule has 0 saturated heterocycles. The normalized spacial score (nSPS) is 14.5. The molecule has 2 N–H and O–H groups in total. The summed E-state index contributed by atoms with van der Waals surface area (Å²) in [4.78, 5) is 10.3. The second-order valence-electron chi connectivity index (χ2n) is 3.46. The Balaban J connectivity index is 3.22. The Labute approximate surface area is 98.3 Å². The van der Waals surface area contributed by atoms with Crippen molar-refractivity contribution in [2.24, 2.45) is 0 Å². The predicted octanol–water partition coefficient (Wildman–Crippen LogP) is 1.23. The number of aryl methyl sites for hydroxylation is 1. The number of para-hydroxylation sites is 1. The molecule has 0 aliphatic heterocycles. The van der Waals surface area contributed by atoms with Gasteiger partial charge in [0.2, 0.25) is 0 Å². The molecular weight excluding hydrogens is 230 g/mol.